The molecule has 0 spiro atoms. The van der Waals surface area contributed by atoms with Gasteiger partial charge in [-0.1, -0.05) is 13.8 Å². The van der Waals surface area contributed by atoms with Crippen molar-refractivity contribution in [3.8, 4) is 0 Å². The normalized spacial score (nSPS) is 15.5. The second-order valence-corrected chi connectivity index (χ2v) is 9.00. The highest BCUT2D eigenvalue weighted by atomic mass is 32.1. The van der Waals surface area contributed by atoms with E-state index in [0.29, 0.717) is 37.7 Å². The summed E-state index contributed by atoms with van der Waals surface area (Å²) in [6.45, 7) is 5.05. The summed E-state index contributed by atoms with van der Waals surface area (Å²) in [6, 6.07) is 1.07. The lowest BCUT2D eigenvalue weighted by Crippen LogP contribution is -2.37. The van der Waals surface area contributed by atoms with Crippen molar-refractivity contribution in [2.24, 2.45) is 0 Å². The van der Waals surface area contributed by atoms with Crippen molar-refractivity contribution in [2.45, 2.75) is 51.5 Å². The van der Waals surface area contributed by atoms with Gasteiger partial charge in [0, 0.05) is 31.4 Å². The molecule has 178 valence electrons. The lowest BCUT2D eigenvalue weighted by atomic mass is 10.1. The van der Waals surface area contributed by atoms with Gasteiger partial charge in [0.15, 0.2) is 0 Å². The Morgan fingerprint density at radius 3 is 2.67 bits per heavy atom. The third-order valence-electron chi connectivity index (χ3n) is 5.47. The first-order valence-electron chi connectivity index (χ1n) is 10.6. The number of piperidine rings is 1. The number of aromatic nitrogens is 3. The van der Waals surface area contributed by atoms with Crippen LogP contribution in [0.15, 0.2) is 15.9 Å². The molecule has 0 aromatic carbocycles. The molecule has 0 radical (unpaired) electrons. The summed E-state index contributed by atoms with van der Waals surface area (Å²) in [6.07, 6.45) is -3.42. The van der Waals surface area contributed by atoms with E-state index in [1.54, 1.807) is 4.90 Å². The van der Waals surface area contributed by atoms with Crippen LogP contribution in [0.5, 0.6) is 0 Å². The number of fused-ring (bicyclic) bond motifs is 1. The molecule has 1 aliphatic rings. The zero-order chi connectivity index (χ0) is 23.8. The lowest BCUT2D eigenvalue weighted by molar-refractivity contribution is -0.136. The standard InChI is InChI=1S/C21H24F3N5O3S/c1-11(2)20-28-27-16(32-20)9-31-12-4-6-29(7-5-12)15-8-14(21(22,23)24)18-17(26-15)13(10-33-18)19(30)25-3/h8,10-12H,4-7,9H2,1-3H3,(H,25,30). The molecule has 1 amide bonds. The molecule has 4 rings (SSSR count). The van der Waals surface area contributed by atoms with E-state index in [-0.39, 0.29) is 40.2 Å². The number of nitrogens with one attached hydrogen (secondary N) is 1. The molecule has 1 N–H and O–H groups in total. The number of rotatable bonds is 6. The molecule has 0 bridgehead atoms. The fraction of sp³-hybridized carbons (Fsp3) is 0.524. The Kier molecular flexibility index (Phi) is 6.57. The molecule has 0 unspecified atom stereocenters. The Hall–Kier alpha value is -2.73. The number of ether oxygens (including phenoxy) is 1. The van der Waals surface area contributed by atoms with Gasteiger partial charge in [-0.25, -0.2) is 4.98 Å². The third-order valence-corrected chi connectivity index (χ3v) is 6.47. The molecule has 4 heterocycles. The summed E-state index contributed by atoms with van der Waals surface area (Å²) in [5.41, 5.74) is -0.568. The molecule has 0 aliphatic carbocycles. The van der Waals surface area contributed by atoms with Gasteiger partial charge >= 0.3 is 6.18 Å². The minimum Gasteiger partial charge on any atom is -0.422 e. The van der Waals surface area contributed by atoms with E-state index in [1.807, 2.05) is 13.8 Å². The molecule has 1 aliphatic heterocycles. The second-order valence-electron chi connectivity index (χ2n) is 8.12. The third kappa shape index (κ3) is 4.96. The predicted octanol–water partition coefficient (Wildman–Crippen LogP) is 4.37. The minimum atomic E-state index is -4.55. The predicted molar refractivity (Wildman–Crippen MR) is 116 cm³/mol. The number of carbonyl (C=O) groups excluding carboxylic acids is 1. The van der Waals surface area contributed by atoms with Crippen LogP contribution in [-0.2, 0) is 17.5 Å². The zero-order valence-electron chi connectivity index (χ0n) is 18.4. The van der Waals surface area contributed by atoms with Gasteiger partial charge in [0.25, 0.3) is 5.91 Å². The number of hydrogen-bond acceptors (Lipinski definition) is 8. The number of thiophene rings is 1. The molecular formula is C21H24F3N5O3S. The highest BCUT2D eigenvalue weighted by molar-refractivity contribution is 7.17. The molecule has 8 nitrogen and oxygen atoms in total. The topological polar surface area (TPSA) is 93.4 Å². The summed E-state index contributed by atoms with van der Waals surface area (Å²) in [7, 11) is 1.43. The highest BCUT2D eigenvalue weighted by Gasteiger charge is 2.36. The first-order valence-corrected chi connectivity index (χ1v) is 11.5. The Balaban J connectivity index is 1.48. The number of hydrogen-bond donors (Lipinski definition) is 1. The zero-order valence-corrected chi connectivity index (χ0v) is 19.2. The van der Waals surface area contributed by atoms with Gasteiger partial charge in [-0.05, 0) is 18.9 Å². The fourth-order valence-corrected chi connectivity index (χ4v) is 4.69. The van der Waals surface area contributed by atoms with E-state index in [2.05, 4.69) is 20.5 Å². The molecule has 33 heavy (non-hydrogen) atoms. The molecule has 3 aromatic rings. The van der Waals surface area contributed by atoms with Crippen molar-refractivity contribution in [1.29, 1.82) is 0 Å². The van der Waals surface area contributed by atoms with E-state index < -0.39 is 17.6 Å². The van der Waals surface area contributed by atoms with E-state index >= 15 is 0 Å². The Morgan fingerprint density at radius 1 is 1.33 bits per heavy atom. The van der Waals surface area contributed by atoms with Crippen LogP contribution >= 0.6 is 11.3 Å². The van der Waals surface area contributed by atoms with Crippen molar-refractivity contribution in [3.63, 3.8) is 0 Å². The monoisotopic (exact) mass is 483 g/mol. The number of halogens is 3. The average Bonchev–Trinajstić information content (AvgIpc) is 3.43. The number of amides is 1. The summed E-state index contributed by atoms with van der Waals surface area (Å²) in [5, 5.41) is 11.8. The first-order chi connectivity index (χ1) is 15.7. The van der Waals surface area contributed by atoms with Crippen LogP contribution in [-0.4, -0.2) is 47.3 Å². The quantitative estimate of drug-likeness (QED) is 0.557. The van der Waals surface area contributed by atoms with Gasteiger partial charge in [-0.15, -0.1) is 21.5 Å². The Labute approximate surface area is 192 Å². The molecule has 1 fully saturated rings. The Morgan fingerprint density at radius 2 is 2.06 bits per heavy atom. The van der Waals surface area contributed by atoms with Gasteiger partial charge in [0.1, 0.15) is 12.4 Å². The van der Waals surface area contributed by atoms with E-state index in [9.17, 15) is 18.0 Å². The van der Waals surface area contributed by atoms with Crippen LogP contribution in [0.25, 0.3) is 10.2 Å². The molecule has 0 atom stereocenters. The van der Waals surface area contributed by atoms with Gasteiger partial charge in [-0.2, -0.15) is 13.2 Å². The summed E-state index contributed by atoms with van der Waals surface area (Å²) >= 11 is 0.873. The van der Waals surface area contributed by atoms with Crippen molar-refractivity contribution in [2.75, 3.05) is 25.0 Å². The molecular weight excluding hydrogens is 459 g/mol. The number of nitrogens with zero attached hydrogens (tertiary/aromatic N) is 4. The van der Waals surface area contributed by atoms with Crippen molar-refractivity contribution < 1.29 is 27.1 Å². The number of anilines is 1. The van der Waals surface area contributed by atoms with Crippen LogP contribution < -0.4 is 10.2 Å². The van der Waals surface area contributed by atoms with Crippen LogP contribution in [0.2, 0.25) is 0 Å². The van der Waals surface area contributed by atoms with Crippen LogP contribution in [0.4, 0.5) is 19.0 Å². The van der Waals surface area contributed by atoms with Gasteiger partial charge in [0.2, 0.25) is 11.8 Å². The van der Waals surface area contributed by atoms with E-state index in [0.717, 1.165) is 17.4 Å². The summed E-state index contributed by atoms with van der Waals surface area (Å²) in [5.74, 6) is 0.827. The summed E-state index contributed by atoms with van der Waals surface area (Å²) in [4.78, 5) is 18.4. The average molecular weight is 484 g/mol. The summed E-state index contributed by atoms with van der Waals surface area (Å²) < 4.78 is 52.6. The molecule has 0 saturated carbocycles. The minimum absolute atomic E-state index is 0.0385. The van der Waals surface area contributed by atoms with E-state index in [4.69, 9.17) is 9.15 Å². The van der Waals surface area contributed by atoms with Crippen molar-refractivity contribution in [1.82, 2.24) is 20.5 Å². The Bertz CT molecular complexity index is 1140. The maximum absolute atomic E-state index is 13.8. The second kappa shape index (κ2) is 9.26. The van der Waals surface area contributed by atoms with Crippen LogP contribution in [0.1, 0.15) is 60.3 Å². The van der Waals surface area contributed by atoms with Crippen LogP contribution in [0.3, 0.4) is 0 Å². The van der Waals surface area contributed by atoms with Crippen molar-refractivity contribution in [3.05, 3.63) is 34.4 Å². The number of alkyl halides is 3. The molecule has 3 aromatic heterocycles. The lowest BCUT2D eigenvalue weighted by Gasteiger charge is -2.33. The molecule has 1 saturated heterocycles. The van der Waals surface area contributed by atoms with Gasteiger partial charge in [-0.3, -0.25) is 4.79 Å². The maximum atomic E-state index is 13.8. The highest BCUT2D eigenvalue weighted by Crippen LogP contribution is 2.40. The van der Waals surface area contributed by atoms with Crippen LogP contribution in [0, 0.1) is 0 Å². The smallest absolute Gasteiger partial charge is 0.417 e. The van der Waals surface area contributed by atoms with Gasteiger partial charge in [0.05, 0.1) is 27.4 Å². The fourth-order valence-electron chi connectivity index (χ4n) is 3.66. The van der Waals surface area contributed by atoms with Crippen molar-refractivity contribution >= 4 is 33.3 Å². The largest absolute Gasteiger partial charge is 0.422 e. The number of pyridine rings is 1. The molecule has 12 heteroatoms. The van der Waals surface area contributed by atoms with Gasteiger partial charge < -0.3 is 19.4 Å². The maximum Gasteiger partial charge on any atom is 0.417 e. The van der Waals surface area contributed by atoms with E-state index in [1.165, 1.54) is 12.4 Å². The SMILES string of the molecule is CNC(=O)c1csc2c(C(F)(F)F)cc(N3CCC(OCc4nnc(C(C)C)o4)CC3)nc12. The number of carbonyl (C=O) groups is 1. The first kappa shape index (κ1) is 23.4.